The number of ether oxygens (including phenoxy) is 6. The summed E-state index contributed by atoms with van der Waals surface area (Å²) < 4.78 is 34.6. The first-order chi connectivity index (χ1) is 26.0. The number of phenolic OH excluding ortho intramolecular Hbond substituents is 4. The number of rotatable bonds is 13. The Balaban J connectivity index is 1.40. The Labute approximate surface area is 315 Å². The topological polar surface area (TPSA) is 292 Å². The number of esters is 2. The summed E-state index contributed by atoms with van der Waals surface area (Å²) in [5.74, 6) is -3.46. The molecule has 0 bridgehead atoms. The molecule has 0 aromatic heterocycles. The molecule has 3 fully saturated rings. The number of carbonyl (C=O) groups excluding carboxylic acids is 2. The number of aliphatic hydroxyl groups excluding tert-OH is 5. The van der Waals surface area contributed by atoms with Crippen LogP contribution in [0.3, 0.4) is 0 Å². The number of phenols is 4. The van der Waals surface area contributed by atoms with Crippen LogP contribution in [0.25, 0.3) is 6.08 Å². The Hall–Kier alpha value is -4.08. The highest BCUT2D eigenvalue weighted by molar-refractivity contribution is 5.87. The predicted octanol–water partition coefficient (Wildman–Crippen LogP) is -0.409. The molecule has 3 aliphatic rings. The van der Waals surface area contributed by atoms with Crippen LogP contribution in [-0.4, -0.2) is 149 Å². The maximum Gasteiger partial charge on any atom is 0.331 e. The number of carbonyl (C=O) groups is 2. The number of benzene rings is 2. The Morgan fingerprint density at radius 1 is 0.818 bits per heavy atom. The molecule has 0 amide bonds. The van der Waals surface area contributed by atoms with Gasteiger partial charge in [-0.25, -0.2) is 4.79 Å². The molecule has 18 heteroatoms. The van der Waals surface area contributed by atoms with Crippen LogP contribution in [0.2, 0.25) is 0 Å². The molecule has 1 aliphatic carbocycles. The van der Waals surface area contributed by atoms with Crippen LogP contribution in [0.1, 0.15) is 50.2 Å². The third-order valence-electron chi connectivity index (χ3n) is 9.86. The van der Waals surface area contributed by atoms with Crippen LogP contribution in [-0.2, 0) is 44.4 Å². The van der Waals surface area contributed by atoms with Crippen molar-refractivity contribution in [1.29, 1.82) is 0 Å². The van der Waals surface area contributed by atoms with Crippen LogP contribution in [0.5, 0.6) is 23.0 Å². The molecule has 1 saturated carbocycles. The molecule has 5 rings (SSSR count). The van der Waals surface area contributed by atoms with Crippen molar-refractivity contribution in [1.82, 2.24) is 0 Å². The van der Waals surface area contributed by atoms with Crippen LogP contribution in [0, 0.1) is 0 Å². The molecule has 18 nitrogen and oxygen atoms in total. The lowest BCUT2D eigenvalue weighted by Gasteiger charge is -2.46. The fourth-order valence-electron chi connectivity index (χ4n) is 6.56. The van der Waals surface area contributed by atoms with Crippen LogP contribution in [0.15, 0.2) is 42.5 Å². The number of aliphatic hydroxyl groups is 6. The first-order valence-corrected chi connectivity index (χ1v) is 17.8. The summed E-state index contributed by atoms with van der Waals surface area (Å²) in [7, 11) is 0. The lowest BCUT2D eigenvalue weighted by Crippen LogP contribution is -2.65. The zero-order valence-corrected chi connectivity index (χ0v) is 29.9. The van der Waals surface area contributed by atoms with Crippen LogP contribution < -0.4 is 0 Å². The van der Waals surface area contributed by atoms with Gasteiger partial charge in [-0.1, -0.05) is 12.1 Å². The van der Waals surface area contributed by atoms with Gasteiger partial charge in [-0.05, 0) is 80.5 Å². The van der Waals surface area contributed by atoms with Gasteiger partial charge in [0.25, 0.3) is 0 Å². The molecule has 304 valence electrons. The molecule has 10 atom stereocenters. The molecule has 2 saturated heterocycles. The molecule has 0 radical (unpaired) electrons. The molecule has 55 heavy (non-hydrogen) atoms. The van der Waals surface area contributed by atoms with E-state index in [0.717, 1.165) is 6.08 Å². The van der Waals surface area contributed by atoms with Crippen molar-refractivity contribution in [2.75, 3.05) is 13.2 Å². The Morgan fingerprint density at radius 2 is 1.49 bits per heavy atom. The number of hydrogen-bond donors (Lipinski definition) is 10. The van der Waals surface area contributed by atoms with Gasteiger partial charge in [-0.15, -0.1) is 0 Å². The second kappa shape index (κ2) is 18.2. The second-order valence-corrected chi connectivity index (χ2v) is 14.1. The van der Waals surface area contributed by atoms with E-state index < -0.39 is 110 Å². The van der Waals surface area contributed by atoms with Gasteiger partial charge >= 0.3 is 11.9 Å². The standard InChI is InChI=1S/C37H48O18/c1-18-29(45)30(46)31(47)36(52-18)55-34-32(48)35(50-13-10-20-3-6-23(40)25(42)15-20)53-26(17-51-28(44)16-37(49)11-8-21(38)9-12-37)33(34)54-27(43)7-4-19-2-5-22(39)24(41)14-19/h2-7,14-15,18,21,26,29-36,38-42,45-49H,8-13,16-17H2,1H3/b7-4+/t18-,21?,26+,29-,30+,31+,32+,33+,34+,35+,36+,37?/m0/s1. The third kappa shape index (κ3) is 10.8. The summed E-state index contributed by atoms with van der Waals surface area (Å²) in [4.78, 5) is 26.3. The summed E-state index contributed by atoms with van der Waals surface area (Å²) in [5, 5.41) is 103. The van der Waals surface area contributed by atoms with Crippen molar-refractivity contribution >= 4 is 18.0 Å². The van der Waals surface area contributed by atoms with Gasteiger partial charge in [0.15, 0.2) is 41.7 Å². The van der Waals surface area contributed by atoms with E-state index in [4.69, 9.17) is 28.4 Å². The monoisotopic (exact) mass is 780 g/mol. The lowest BCUT2D eigenvalue weighted by atomic mass is 9.81. The zero-order valence-electron chi connectivity index (χ0n) is 29.9. The van der Waals surface area contributed by atoms with E-state index >= 15 is 0 Å². The van der Waals surface area contributed by atoms with Gasteiger partial charge in [0, 0.05) is 6.08 Å². The molecule has 2 aliphatic heterocycles. The third-order valence-corrected chi connectivity index (χ3v) is 9.86. The Kier molecular flexibility index (Phi) is 14.0. The summed E-state index contributed by atoms with van der Waals surface area (Å²) in [6.45, 7) is 0.604. The van der Waals surface area contributed by atoms with Crippen molar-refractivity contribution in [2.45, 2.75) is 119 Å². The average Bonchev–Trinajstić information content (AvgIpc) is 3.14. The quantitative estimate of drug-likeness (QED) is 0.0702. The lowest BCUT2D eigenvalue weighted by molar-refractivity contribution is -0.357. The fraction of sp³-hybridized carbons (Fsp3) is 0.568. The van der Waals surface area contributed by atoms with Crippen molar-refractivity contribution in [2.24, 2.45) is 0 Å². The van der Waals surface area contributed by atoms with Gasteiger partial charge in [-0.2, -0.15) is 0 Å². The minimum Gasteiger partial charge on any atom is -0.504 e. The van der Waals surface area contributed by atoms with Crippen LogP contribution >= 0.6 is 0 Å². The largest absolute Gasteiger partial charge is 0.504 e. The first-order valence-electron chi connectivity index (χ1n) is 17.8. The normalized spacial score (nSPS) is 34.0. The molecule has 10 N–H and O–H groups in total. The molecule has 0 spiro atoms. The predicted molar refractivity (Wildman–Crippen MR) is 185 cm³/mol. The van der Waals surface area contributed by atoms with Crippen molar-refractivity contribution in [3.63, 3.8) is 0 Å². The molecular weight excluding hydrogens is 732 g/mol. The van der Waals surface area contributed by atoms with Crippen molar-refractivity contribution in [3.05, 3.63) is 53.6 Å². The van der Waals surface area contributed by atoms with E-state index in [1.54, 1.807) is 0 Å². The maximum atomic E-state index is 13.3. The van der Waals surface area contributed by atoms with Gasteiger partial charge in [0.05, 0.1) is 30.8 Å². The Bertz CT molecular complexity index is 1640. The highest BCUT2D eigenvalue weighted by atomic mass is 16.7. The summed E-state index contributed by atoms with van der Waals surface area (Å²) in [6.07, 6.45) is -13.9. The van der Waals surface area contributed by atoms with Crippen LogP contribution in [0.4, 0.5) is 0 Å². The van der Waals surface area contributed by atoms with E-state index in [1.807, 2.05) is 0 Å². The molecule has 2 aromatic rings. The highest BCUT2D eigenvalue weighted by Gasteiger charge is 2.53. The van der Waals surface area contributed by atoms with E-state index in [2.05, 4.69) is 0 Å². The number of aromatic hydroxyl groups is 4. The van der Waals surface area contributed by atoms with Crippen molar-refractivity contribution < 1.29 is 89.1 Å². The number of hydrogen-bond acceptors (Lipinski definition) is 18. The summed E-state index contributed by atoms with van der Waals surface area (Å²) in [5.41, 5.74) is -0.613. The van der Waals surface area contributed by atoms with Crippen molar-refractivity contribution in [3.8, 4) is 23.0 Å². The summed E-state index contributed by atoms with van der Waals surface area (Å²) >= 11 is 0. The van der Waals surface area contributed by atoms with E-state index in [9.17, 15) is 60.7 Å². The smallest absolute Gasteiger partial charge is 0.331 e. The first kappa shape index (κ1) is 42.1. The molecule has 0 unspecified atom stereocenters. The molecule has 2 heterocycles. The average molecular weight is 781 g/mol. The van der Waals surface area contributed by atoms with E-state index in [0.29, 0.717) is 5.56 Å². The van der Waals surface area contributed by atoms with E-state index in [1.165, 1.54) is 49.4 Å². The van der Waals surface area contributed by atoms with E-state index in [-0.39, 0.29) is 55.8 Å². The van der Waals surface area contributed by atoms with Gasteiger partial charge in [0.1, 0.15) is 43.2 Å². The highest BCUT2D eigenvalue weighted by Crippen LogP contribution is 2.34. The second-order valence-electron chi connectivity index (χ2n) is 14.1. The molecular formula is C37H48O18. The Morgan fingerprint density at radius 3 is 2.16 bits per heavy atom. The fourth-order valence-corrected chi connectivity index (χ4v) is 6.56. The maximum absolute atomic E-state index is 13.3. The minimum atomic E-state index is -1.85. The SMILES string of the molecule is C[C@@H]1O[C@H](O[C@@H]2[C@@H](O)[C@H](OCCc3ccc(O)c(O)c3)O[C@H](COC(=O)CC3(O)CCC(O)CC3)[C@H]2OC(=O)/C=C/c2ccc(O)c(O)c2)[C@H](O)[C@H](O)[C@H]1O. The van der Waals surface area contributed by atoms with Gasteiger partial charge in [-0.3, -0.25) is 4.79 Å². The minimum absolute atomic E-state index is 0.140. The summed E-state index contributed by atoms with van der Waals surface area (Å²) in [6, 6.07) is 7.86. The van der Waals surface area contributed by atoms with Gasteiger partial charge in [0.2, 0.25) is 0 Å². The van der Waals surface area contributed by atoms with Gasteiger partial charge < -0.3 is 79.5 Å². The zero-order chi connectivity index (χ0) is 40.0. The molecule has 2 aromatic carbocycles.